The van der Waals surface area contributed by atoms with Crippen LogP contribution < -0.4 is 0 Å². The van der Waals surface area contributed by atoms with Crippen LogP contribution in [0.15, 0.2) is 54.6 Å². The molecule has 2 heteroatoms. The highest BCUT2D eigenvalue weighted by atomic mass is 79.9. The number of rotatable bonds is 6. The molecule has 0 spiro atoms. The van der Waals surface area contributed by atoms with Crippen molar-refractivity contribution in [2.24, 2.45) is 0 Å². The Hall–Kier alpha value is -1.15. The van der Waals surface area contributed by atoms with Gasteiger partial charge in [-0.25, -0.2) is 4.39 Å². The Morgan fingerprint density at radius 2 is 1.63 bits per heavy atom. The molecule has 0 aliphatic heterocycles. The van der Waals surface area contributed by atoms with Crippen molar-refractivity contribution in [3.05, 3.63) is 71.5 Å². The normalized spacial score (nSPS) is 12.3. The number of hydrogen-bond donors (Lipinski definition) is 0. The van der Waals surface area contributed by atoms with Crippen molar-refractivity contribution in [1.82, 2.24) is 0 Å². The van der Waals surface area contributed by atoms with Gasteiger partial charge in [0.15, 0.2) is 0 Å². The van der Waals surface area contributed by atoms with E-state index in [4.69, 9.17) is 0 Å². The standard InChI is InChI=1S/C17H18BrF/c18-13-15(16-11-4-5-12-17(16)19)10-6-9-14-7-2-1-3-8-14/h1-5,7-8,11-12,15H,6,9-10,13H2. The average Bonchev–Trinajstić information content (AvgIpc) is 2.46. The summed E-state index contributed by atoms with van der Waals surface area (Å²) in [5, 5.41) is 0.808. The molecular weight excluding hydrogens is 303 g/mol. The van der Waals surface area contributed by atoms with Crippen LogP contribution in [0, 0.1) is 5.82 Å². The first-order valence-corrected chi connectivity index (χ1v) is 7.77. The van der Waals surface area contributed by atoms with Gasteiger partial charge in [-0.3, -0.25) is 0 Å². The van der Waals surface area contributed by atoms with E-state index in [0.29, 0.717) is 0 Å². The quantitative estimate of drug-likeness (QED) is 0.631. The zero-order chi connectivity index (χ0) is 13.5. The van der Waals surface area contributed by atoms with Gasteiger partial charge in [0, 0.05) is 5.33 Å². The third kappa shape index (κ3) is 4.17. The Morgan fingerprint density at radius 1 is 0.947 bits per heavy atom. The van der Waals surface area contributed by atoms with Crippen LogP contribution in [0.1, 0.15) is 29.9 Å². The van der Waals surface area contributed by atoms with Gasteiger partial charge >= 0.3 is 0 Å². The minimum Gasteiger partial charge on any atom is -0.207 e. The van der Waals surface area contributed by atoms with Gasteiger partial charge in [0.1, 0.15) is 5.82 Å². The molecule has 0 saturated heterocycles. The SMILES string of the molecule is Fc1ccccc1C(CBr)CCCc1ccccc1. The summed E-state index contributed by atoms with van der Waals surface area (Å²) in [6.45, 7) is 0. The van der Waals surface area contributed by atoms with E-state index >= 15 is 0 Å². The minimum absolute atomic E-state index is 0.0911. The van der Waals surface area contributed by atoms with Crippen LogP contribution in [0.25, 0.3) is 0 Å². The van der Waals surface area contributed by atoms with E-state index in [2.05, 4.69) is 40.2 Å². The second-order valence-electron chi connectivity index (χ2n) is 4.75. The van der Waals surface area contributed by atoms with Gasteiger partial charge in [-0.05, 0) is 42.4 Å². The molecule has 1 unspecified atom stereocenters. The van der Waals surface area contributed by atoms with Crippen LogP contribution in [-0.2, 0) is 6.42 Å². The van der Waals surface area contributed by atoms with E-state index in [-0.39, 0.29) is 11.7 Å². The van der Waals surface area contributed by atoms with Gasteiger partial charge in [0.2, 0.25) is 0 Å². The summed E-state index contributed by atoms with van der Waals surface area (Å²) >= 11 is 3.51. The summed E-state index contributed by atoms with van der Waals surface area (Å²) in [6, 6.07) is 17.5. The van der Waals surface area contributed by atoms with E-state index in [1.54, 1.807) is 12.1 Å². The first-order valence-electron chi connectivity index (χ1n) is 6.65. The van der Waals surface area contributed by atoms with Crippen LogP contribution >= 0.6 is 15.9 Å². The number of benzene rings is 2. The molecule has 0 radical (unpaired) electrons. The van der Waals surface area contributed by atoms with E-state index in [1.165, 1.54) is 5.56 Å². The van der Waals surface area contributed by atoms with Gasteiger partial charge in [-0.1, -0.05) is 64.5 Å². The van der Waals surface area contributed by atoms with Crippen molar-refractivity contribution in [1.29, 1.82) is 0 Å². The van der Waals surface area contributed by atoms with Crippen LogP contribution in [-0.4, -0.2) is 5.33 Å². The molecule has 0 nitrogen and oxygen atoms in total. The van der Waals surface area contributed by atoms with Gasteiger partial charge < -0.3 is 0 Å². The number of alkyl halides is 1. The molecule has 0 aliphatic rings. The summed E-state index contributed by atoms with van der Waals surface area (Å²) in [5.41, 5.74) is 2.18. The van der Waals surface area contributed by atoms with E-state index in [9.17, 15) is 4.39 Å². The largest absolute Gasteiger partial charge is 0.207 e. The van der Waals surface area contributed by atoms with Crippen LogP contribution in [0.4, 0.5) is 4.39 Å². The molecule has 0 bridgehead atoms. The van der Waals surface area contributed by atoms with Crippen molar-refractivity contribution >= 4 is 15.9 Å². The Labute approximate surface area is 122 Å². The minimum atomic E-state index is -0.0911. The molecule has 0 fully saturated rings. The number of halogens is 2. The fraction of sp³-hybridized carbons (Fsp3) is 0.294. The van der Waals surface area contributed by atoms with E-state index < -0.39 is 0 Å². The molecule has 2 aromatic carbocycles. The summed E-state index contributed by atoms with van der Waals surface area (Å²) < 4.78 is 13.8. The lowest BCUT2D eigenvalue weighted by molar-refractivity contribution is 0.567. The Kier molecular flexibility index (Phi) is 5.59. The van der Waals surface area contributed by atoms with Gasteiger partial charge in [0.05, 0.1) is 0 Å². The second kappa shape index (κ2) is 7.44. The van der Waals surface area contributed by atoms with E-state index in [1.807, 2.05) is 18.2 Å². The molecule has 2 rings (SSSR count). The molecular formula is C17H18BrF. The Balaban J connectivity index is 1.92. The third-order valence-corrected chi connectivity index (χ3v) is 4.17. The lowest BCUT2D eigenvalue weighted by Crippen LogP contribution is -2.04. The smallest absolute Gasteiger partial charge is 0.126 e. The topological polar surface area (TPSA) is 0 Å². The van der Waals surface area contributed by atoms with Crippen molar-refractivity contribution in [3.8, 4) is 0 Å². The third-order valence-electron chi connectivity index (χ3n) is 3.39. The first-order chi connectivity index (χ1) is 9.31. The van der Waals surface area contributed by atoms with Crippen molar-refractivity contribution in [3.63, 3.8) is 0 Å². The molecule has 0 heterocycles. The fourth-order valence-electron chi connectivity index (χ4n) is 2.32. The van der Waals surface area contributed by atoms with Gasteiger partial charge in [-0.2, -0.15) is 0 Å². The van der Waals surface area contributed by atoms with Crippen molar-refractivity contribution < 1.29 is 4.39 Å². The predicted octanol–water partition coefficient (Wildman–Crippen LogP) is 5.33. The highest BCUT2D eigenvalue weighted by molar-refractivity contribution is 9.09. The second-order valence-corrected chi connectivity index (χ2v) is 5.40. The molecule has 0 aliphatic carbocycles. The van der Waals surface area contributed by atoms with Gasteiger partial charge in [-0.15, -0.1) is 0 Å². The maximum atomic E-state index is 13.8. The maximum Gasteiger partial charge on any atom is 0.126 e. The highest BCUT2D eigenvalue weighted by Gasteiger charge is 2.13. The first kappa shape index (κ1) is 14.3. The van der Waals surface area contributed by atoms with Gasteiger partial charge in [0.25, 0.3) is 0 Å². The molecule has 0 saturated carbocycles. The molecule has 19 heavy (non-hydrogen) atoms. The number of aryl methyl sites for hydroxylation is 1. The molecule has 1 atom stereocenters. The molecule has 0 amide bonds. The fourth-order valence-corrected chi connectivity index (χ4v) is 2.99. The summed E-state index contributed by atoms with van der Waals surface area (Å²) in [7, 11) is 0. The van der Waals surface area contributed by atoms with E-state index in [0.717, 1.165) is 30.2 Å². The monoisotopic (exact) mass is 320 g/mol. The molecule has 0 aromatic heterocycles. The van der Waals surface area contributed by atoms with Crippen molar-refractivity contribution in [2.45, 2.75) is 25.2 Å². The Morgan fingerprint density at radius 3 is 2.32 bits per heavy atom. The van der Waals surface area contributed by atoms with Crippen molar-refractivity contribution in [2.75, 3.05) is 5.33 Å². The lowest BCUT2D eigenvalue weighted by Gasteiger charge is -2.15. The summed E-state index contributed by atoms with van der Waals surface area (Å²) in [6.07, 6.45) is 3.13. The summed E-state index contributed by atoms with van der Waals surface area (Å²) in [5.74, 6) is 0.163. The van der Waals surface area contributed by atoms with Crippen LogP contribution in [0.3, 0.4) is 0 Å². The zero-order valence-electron chi connectivity index (χ0n) is 10.9. The maximum absolute atomic E-state index is 13.8. The predicted molar refractivity (Wildman–Crippen MR) is 82.3 cm³/mol. The summed E-state index contributed by atoms with van der Waals surface area (Å²) in [4.78, 5) is 0. The average molecular weight is 321 g/mol. The number of hydrogen-bond acceptors (Lipinski definition) is 0. The Bertz CT molecular complexity index is 496. The van der Waals surface area contributed by atoms with Crippen LogP contribution in [0.5, 0.6) is 0 Å². The molecule has 0 N–H and O–H groups in total. The molecule has 100 valence electrons. The zero-order valence-corrected chi connectivity index (χ0v) is 12.4. The molecule has 2 aromatic rings. The highest BCUT2D eigenvalue weighted by Crippen LogP contribution is 2.26. The van der Waals surface area contributed by atoms with Crippen LogP contribution in [0.2, 0.25) is 0 Å². The lowest BCUT2D eigenvalue weighted by atomic mass is 9.94.